The third-order valence-corrected chi connectivity index (χ3v) is 6.00. The van der Waals surface area contributed by atoms with E-state index in [1.807, 2.05) is 24.1 Å². The van der Waals surface area contributed by atoms with Crippen LogP contribution in [0.4, 0.5) is 0 Å². The minimum absolute atomic E-state index is 0.112. The normalized spacial score (nSPS) is 23.1. The van der Waals surface area contributed by atoms with Gasteiger partial charge in [-0.15, -0.1) is 0 Å². The quantitative estimate of drug-likeness (QED) is 0.679. The first-order valence-corrected chi connectivity index (χ1v) is 9.07. The molecule has 1 fully saturated rings. The number of nitrogens with zero attached hydrogens (tertiary/aromatic N) is 2. The molecule has 2 atom stereocenters. The molecular formula is C22H22N2O. The predicted octanol–water partition coefficient (Wildman–Crippen LogP) is 4.50. The summed E-state index contributed by atoms with van der Waals surface area (Å²) in [5.41, 5.74) is 4.64. The molecule has 2 unspecified atom stereocenters. The van der Waals surface area contributed by atoms with Gasteiger partial charge in [-0.1, -0.05) is 36.4 Å². The third kappa shape index (κ3) is 2.08. The third-order valence-electron chi connectivity index (χ3n) is 6.00. The van der Waals surface area contributed by atoms with Crippen LogP contribution in [-0.2, 0) is 7.05 Å². The lowest BCUT2D eigenvalue weighted by molar-refractivity contribution is 0.0662. The van der Waals surface area contributed by atoms with Gasteiger partial charge in [-0.25, -0.2) is 0 Å². The van der Waals surface area contributed by atoms with Crippen molar-refractivity contribution in [2.24, 2.45) is 13.0 Å². The van der Waals surface area contributed by atoms with Gasteiger partial charge in [0.05, 0.1) is 6.04 Å². The number of aromatic nitrogens is 1. The number of para-hydroxylation sites is 1. The molecule has 0 radical (unpaired) electrons. The maximum Gasteiger partial charge on any atom is 0.254 e. The van der Waals surface area contributed by atoms with Crippen molar-refractivity contribution in [2.75, 3.05) is 7.05 Å². The molecule has 2 heterocycles. The Hall–Kier alpha value is -2.55. The molecular weight excluding hydrogens is 308 g/mol. The molecule has 2 aromatic carbocycles. The van der Waals surface area contributed by atoms with Gasteiger partial charge in [0, 0.05) is 48.2 Å². The van der Waals surface area contributed by atoms with Gasteiger partial charge in [-0.3, -0.25) is 4.79 Å². The van der Waals surface area contributed by atoms with E-state index in [-0.39, 0.29) is 11.9 Å². The summed E-state index contributed by atoms with van der Waals surface area (Å²) in [6.45, 7) is 0. The standard InChI is InChI=1S/C22H22N2O/c1-23-13-18(15-7-5-6-10-19(15)23)21-20(14-11-12-14)16-8-3-4-9-17(16)22(25)24(21)2/h3-10,13-14,20-21H,11-12H2,1-2H3. The number of benzene rings is 2. The number of fused-ring (bicyclic) bond motifs is 2. The highest BCUT2D eigenvalue weighted by molar-refractivity contribution is 5.98. The molecule has 2 aliphatic rings. The van der Waals surface area contributed by atoms with Crippen molar-refractivity contribution in [1.29, 1.82) is 0 Å². The molecule has 126 valence electrons. The smallest absolute Gasteiger partial charge is 0.254 e. The van der Waals surface area contributed by atoms with Crippen molar-refractivity contribution in [1.82, 2.24) is 9.47 Å². The zero-order chi connectivity index (χ0) is 17.1. The first-order valence-electron chi connectivity index (χ1n) is 9.07. The molecule has 1 aromatic heterocycles. The second kappa shape index (κ2) is 5.22. The summed E-state index contributed by atoms with van der Waals surface area (Å²) in [7, 11) is 4.07. The van der Waals surface area contributed by atoms with Crippen molar-refractivity contribution in [3.05, 3.63) is 71.4 Å². The average molecular weight is 330 g/mol. The molecule has 1 saturated carbocycles. The van der Waals surface area contributed by atoms with Crippen LogP contribution in [0.5, 0.6) is 0 Å². The Morgan fingerprint density at radius 3 is 2.44 bits per heavy atom. The molecule has 0 bridgehead atoms. The number of hydrogen-bond donors (Lipinski definition) is 0. The second-order valence-electron chi connectivity index (χ2n) is 7.52. The Morgan fingerprint density at radius 2 is 1.64 bits per heavy atom. The van der Waals surface area contributed by atoms with Gasteiger partial charge in [0.25, 0.3) is 5.91 Å². The molecule has 5 rings (SSSR count). The number of hydrogen-bond acceptors (Lipinski definition) is 1. The van der Waals surface area contributed by atoms with Gasteiger partial charge in [0.1, 0.15) is 0 Å². The first kappa shape index (κ1) is 14.8. The summed E-state index contributed by atoms with van der Waals surface area (Å²) >= 11 is 0. The van der Waals surface area contributed by atoms with Gasteiger partial charge in [-0.2, -0.15) is 0 Å². The topological polar surface area (TPSA) is 25.2 Å². The summed E-state index contributed by atoms with van der Waals surface area (Å²) in [4.78, 5) is 15.0. The number of amides is 1. The SMILES string of the molecule is CN1C(=O)c2ccccc2C(C2CC2)C1c1cn(C)c2ccccc12. The lowest BCUT2D eigenvalue weighted by Crippen LogP contribution is -2.40. The maximum atomic E-state index is 13.1. The fourth-order valence-electron chi connectivity index (χ4n) is 4.69. The van der Waals surface area contributed by atoms with Crippen LogP contribution in [0.25, 0.3) is 10.9 Å². The molecule has 3 nitrogen and oxygen atoms in total. The van der Waals surface area contributed by atoms with Crippen molar-refractivity contribution in [3.63, 3.8) is 0 Å². The minimum atomic E-state index is 0.112. The van der Waals surface area contributed by atoms with Crippen LogP contribution < -0.4 is 0 Å². The van der Waals surface area contributed by atoms with Crippen LogP contribution in [0, 0.1) is 5.92 Å². The second-order valence-corrected chi connectivity index (χ2v) is 7.52. The van der Waals surface area contributed by atoms with Crippen LogP contribution >= 0.6 is 0 Å². The van der Waals surface area contributed by atoms with Gasteiger partial charge in [0.15, 0.2) is 0 Å². The van der Waals surface area contributed by atoms with E-state index in [1.165, 1.54) is 34.9 Å². The van der Waals surface area contributed by atoms with Crippen LogP contribution in [0.2, 0.25) is 0 Å². The Kier molecular flexibility index (Phi) is 3.08. The van der Waals surface area contributed by atoms with Crippen LogP contribution in [0.1, 0.15) is 46.3 Å². The summed E-state index contributed by atoms with van der Waals surface area (Å²) in [5.74, 6) is 1.22. The van der Waals surface area contributed by atoms with Crippen molar-refractivity contribution in [3.8, 4) is 0 Å². The molecule has 1 amide bonds. The molecule has 25 heavy (non-hydrogen) atoms. The van der Waals surface area contributed by atoms with E-state index in [4.69, 9.17) is 0 Å². The number of likely N-dealkylation sites (N-methyl/N-ethyl adjacent to an activating group) is 1. The Labute approximate surface area is 147 Å². The summed E-state index contributed by atoms with van der Waals surface area (Å²) in [6.07, 6.45) is 4.76. The molecule has 3 heteroatoms. The molecule has 0 spiro atoms. The van der Waals surface area contributed by atoms with E-state index in [1.54, 1.807) is 0 Å². The summed E-state index contributed by atoms with van der Waals surface area (Å²) in [6, 6.07) is 16.8. The first-order chi connectivity index (χ1) is 12.2. The average Bonchev–Trinajstić information content (AvgIpc) is 3.42. The lowest BCUT2D eigenvalue weighted by atomic mass is 9.77. The largest absolute Gasteiger partial charge is 0.350 e. The molecule has 1 aliphatic heterocycles. The number of carbonyl (C=O) groups is 1. The van der Waals surface area contributed by atoms with Gasteiger partial charge in [-0.05, 0) is 36.5 Å². The summed E-state index contributed by atoms with van der Waals surface area (Å²) in [5, 5.41) is 1.26. The van der Waals surface area contributed by atoms with Crippen LogP contribution in [-0.4, -0.2) is 22.4 Å². The van der Waals surface area contributed by atoms with Gasteiger partial charge >= 0.3 is 0 Å². The Bertz CT molecular complexity index is 983. The van der Waals surface area contributed by atoms with Crippen molar-refractivity contribution >= 4 is 16.8 Å². The summed E-state index contributed by atoms with van der Waals surface area (Å²) < 4.78 is 2.19. The minimum Gasteiger partial charge on any atom is -0.350 e. The number of rotatable bonds is 2. The fraction of sp³-hybridized carbons (Fsp3) is 0.318. The van der Waals surface area contributed by atoms with E-state index in [2.05, 4.69) is 54.2 Å². The van der Waals surface area contributed by atoms with E-state index < -0.39 is 0 Å². The van der Waals surface area contributed by atoms with Crippen molar-refractivity contribution in [2.45, 2.75) is 24.8 Å². The van der Waals surface area contributed by atoms with E-state index >= 15 is 0 Å². The predicted molar refractivity (Wildman–Crippen MR) is 99.7 cm³/mol. The molecule has 3 aromatic rings. The maximum absolute atomic E-state index is 13.1. The highest BCUT2D eigenvalue weighted by atomic mass is 16.2. The van der Waals surface area contributed by atoms with E-state index in [0.717, 1.165) is 5.56 Å². The lowest BCUT2D eigenvalue weighted by Gasteiger charge is -2.40. The Balaban J connectivity index is 1.75. The molecule has 0 N–H and O–H groups in total. The zero-order valence-corrected chi connectivity index (χ0v) is 14.6. The molecule has 1 aliphatic carbocycles. The monoisotopic (exact) mass is 330 g/mol. The van der Waals surface area contributed by atoms with Crippen LogP contribution in [0.3, 0.4) is 0 Å². The fourth-order valence-corrected chi connectivity index (χ4v) is 4.69. The van der Waals surface area contributed by atoms with Gasteiger partial charge < -0.3 is 9.47 Å². The van der Waals surface area contributed by atoms with E-state index in [9.17, 15) is 4.79 Å². The van der Waals surface area contributed by atoms with E-state index in [0.29, 0.717) is 11.8 Å². The van der Waals surface area contributed by atoms with Crippen molar-refractivity contribution < 1.29 is 4.79 Å². The number of carbonyl (C=O) groups excluding carboxylic acids is 1. The zero-order valence-electron chi connectivity index (χ0n) is 14.6. The molecule has 0 saturated heterocycles. The van der Waals surface area contributed by atoms with Crippen LogP contribution in [0.15, 0.2) is 54.7 Å². The number of aryl methyl sites for hydroxylation is 1. The highest BCUT2D eigenvalue weighted by Gasteiger charge is 2.46. The van der Waals surface area contributed by atoms with Gasteiger partial charge in [0.2, 0.25) is 0 Å². The highest BCUT2D eigenvalue weighted by Crippen LogP contribution is 2.54. The Morgan fingerprint density at radius 1 is 0.920 bits per heavy atom.